The van der Waals surface area contributed by atoms with Gasteiger partial charge in [-0.2, -0.15) is 0 Å². The van der Waals surface area contributed by atoms with Crippen molar-refractivity contribution in [2.75, 3.05) is 0 Å². The summed E-state index contributed by atoms with van der Waals surface area (Å²) in [5.41, 5.74) is 5.66. The smallest absolute Gasteiger partial charge is 0.0617 e. The Morgan fingerprint density at radius 3 is 2.45 bits per heavy atom. The van der Waals surface area contributed by atoms with Gasteiger partial charge in [0.2, 0.25) is 0 Å². The maximum absolute atomic E-state index is 5.82. The summed E-state index contributed by atoms with van der Waals surface area (Å²) < 4.78 is 0. The first-order valence-corrected chi connectivity index (χ1v) is 4.26. The molecule has 0 aromatic heterocycles. The van der Waals surface area contributed by atoms with Crippen molar-refractivity contribution in [3.63, 3.8) is 0 Å². The Morgan fingerprint density at radius 1 is 1.64 bits per heavy atom. The second-order valence-electron chi connectivity index (χ2n) is 3.48. The van der Waals surface area contributed by atoms with Gasteiger partial charge in [0.1, 0.15) is 0 Å². The average Bonchev–Trinajstić information content (AvgIpc) is 1.84. The molecule has 1 unspecified atom stereocenters. The van der Waals surface area contributed by atoms with Crippen LogP contribution in [0.5, 0.6) is 0 Å². The molecule has 0 heterocycles. The lowest BCUT2D eigenvalue weighted by Gasteiger charge is -2.21. The number of hydrogen-bond acceptors (Lipinski definition) is 3. The van der Waals surface area contributed by atoms with E-state index in [-0.39, 0.29) is 11.6 Å². The van der Waals surface area contributed by atoms with Crippen LogP contribution in [0.3, 0.4) is 0 Å². The van der Waals surface area contributed by atoms with Gasteiger partial charge in [0.15, 0.2) is 0 Å². The van der Waals surface area contributed by atoms with Crippen molar-refractivity contribution < 1.29 is 0 Å². The van der Waals surface area contributed by atoms with E-state index < -0.39 is 0 Å². The number of hydrogen-bond donors (Lipinski definition) is 1. The Kier molecular flexibility index (Phi) is 4.50. The van der Waals surface area contributed by atoms with Gasteiger partial charge in [-0.25, -0.2) is 4.99 Å². The van der Waals surface area contributed by atoms with Crippen molar-refractivity contribution in [3.8, 4) is 0 Å². The minimum atomic E-state index is -0.156. The zero-order valence-corrected chi connectivity index (χ0v) is 8.24. The predicted molar refractivity (Wildman–Crippen MR) is 52.0 cm³/mol. The third-order valence-corrected chi connectivity index (χ3v) is 1.57. The molecule has 0 bridgehead atoms. The summed E-state index contributed by atoms with van der Waals surface area (Å²) in [7, 11) is 0. The molecule has 11 heavy (non-hydrogen) atoms. The van der Waals surface area contributed by atoms with Crippen LogP contribution in [0.1, 0.15) is 33.6 Å². The standard InChI is InChI=1S/C8H16N2S/c1-4-7(10-6-11)5-8(2,3)9/h7H,4-5,9H2,1-3H3. The molecule has 0 saturated heterocycles. The monoisotopic (exact) mass is 172 g/mol. The maximum Gasteiger partial charge on any atom is 0.0617 e. The lowest BCUT2D eigenvalue weighted by Crippen LogP contribution is -2.35. The molecule has 1 atom stereocenters. The van der Waals surface area contributed by atoms with E-state index in [1.54, 1.807) is 0 Å². The molecule has 0 amide bonds. The summed E-state index contributed by atoms with van der Waals surface area (Å²) in [6.07, 6.45) is 1.84. The van der Waals surface area contributed by atoms with E-state index in [2.05, 4.69) is 29.3 Å². The van der Waals surface area contributed by atoms with Crippen LogP contribution >= 0.6 is 12.2 Å². The molecule has 2 N–H and O–H groups in total. The Morgan fingerprint density at radius 2 is 2.18 bits per heavy atom. The number of nitrogens with zero attached hydrogens (tertiary/aromatic N) is 1. The lowest BCUT2D eigenvalue weighted by molar-refractivity contribution is 0.418. The van der Waals surface area contributed by atoms with E-state index in [4.69, 9.17) is 5.73 Å². The molecule has 0 rings (SSSR count). The topological polar surface area (TPSA) is 38.4 Å². The molecule has 0 aromatic carbocycles. The van der Waals surface area contributed by atoms with Crippen molar-refractivity contribution in [2.45, 2.75) is 45.2 Å². The van der Waals surface area contributed by atoms with Gasteiger partial charge in [0.05, 0.1) is 11.2 Å². The van der Waals surface area contributed by atoms with E-state index in [1.165, 1.54) is 0 Å². The Bertz CT molecular complexity index is 154. The van der Waals surface area contributed by atoms with Gasteiger partial charge in [-0.3, -0.25) is 0 Å². The summed E-state index contributed by atoms with van der Waals surface area (Å²) >= 11 is 4.53. The zero-order chi connectivity index (χ0) is 8.91. The van der Waals surface area contributed by atoms with Gasteiger partial charge in [-0.15, -0.1) is 0 Å². The molecular weight excluding hydrogens is 156 g/mol. The summed E-state index contributed by atoms with van der Waals surface area (Å²) in [4.78, 5) is 4.01. The molecular formula is C8H16N2S. The third kappa shape index (κ3) is 6.17. The number of rotatable bonds is 4. The van der Waals surface area contributed by atoms with Gasteiger partial charge in [-0.05, 0) is 38.9 Å². The Balaban J connectivity index is 3.98. The molecule has 3 heteroatoms. The van der Waals surface area contributed by atoms with Crippen LogP contribution in [0.4, 0.5) is 0 Å². The molecule has 0 fully saturated rings. The molecule has 0 spiro atoms. The molecule has 0 aliphatic rings. The van der Waals surface area contributed by atoms with E-state index in [9.17, 15) is 0 Å². The maximum atomic E-state index is 5.82. The highest BCUT2D eigenvalue weighted by Crippen LogP contribution is 2.12. The predicted octanol–water partition coefficient (Wildman–Crippen LogP) is 2.00. The van der Waals surface area contributed by atoms with Gasteiger partial charge in [0.25, 0.3) is 0 Å². The molecule has 0 radical (unpaired) electrons. The van der Waals surface area contributed by atoms with Crippen molar-refractivity contribution in [1.29, 1.82) is 0 Å². The molecule has 0 saturated carbocycles. The minimum absolute atomic E-state index is 0.156. The lowest BCUT2D eigenvalue weighted by atomic mass is 9.96. The van der Waals surface area contributed by atoms with Crippen LogP contribution < -0.4 is 5.73 Å². The van der Waals surface area contributed by atoms with Crippen LogP contribution in [0.15, 0.2) is 4.99 Å². The Hall–Kier alpha value is -0.240. The van der Waals surface area contributed by atoms with E-state index >= 15 is 0 Å². The fourth-order valence-corrected chi connectivity index (χ4v) is 1.11. The number of aliphatic imine (C=N–C) groups is 1. The van der Waals surface area contributed by atoms with Crippen molar-refractivity contribution >= 4 is 17.4 Å². The van der Waals surface area contributed by atoms with Crippen LogP contribution in [0.25, 0.3) is 0 Å². The normalized spacial score (nSPS) is 13.8. The van der Waals surface area contributed by atoms with Gasteiger partial charge in [-0.1, -0.05) is 6.92 Å². The van der Waals surface area contributed by atoms with E-state index in [0.29, 0.717) is 0 Å². The van der Waals surface area contributed by atoms with Gasteiger partial charge < -0.3 is 5.73 Å². The fraction of sp³-hybridized carbons (Fsp3) is 0.875. The van der Waals surface area contributed by atoms with Gasteiger partial charge >= 0.3 is 0 Å². The first kappa shape index (κ1) is 10.8. The number of nitrogens with two attached hydrogens (primary N) is 1. The van der Waals surface area contributed by atoms with E-state index in [1.807, 2.05) is 13.8 Å². The highest BCUT2D eigenvalue weighted by Gasteiger charge is 2.16. The summed E-state index contributed by atoms with van der Waals surface area (Å²) in [6, 6.07) is 0.243. The van der Waals surface area contributed by atoms with Crippen molar-refractivity contribution in [3.05, 3.63) is 0 Å². The average molecular weight is 172 g/mol. The molecule has 0 aliphatic carbocycles. The molecule has 64 valence electrons. The second-order valence-corrected chi connectivity index (χ2v) is 3.66. The first-order valence-electron chi connectivity index (χ1n) is 3.85. The summed E-state index contributed by atoms with van der Waals surface area (Å²) in [5, 5.41) is 2.39. The highest BCUT2D eigenvalue weighted by atomic mass is 32.1. The van der Waals surface area contributed by atoms with Crippen LogP contribution in [0.2, 0.25) is 0 Å². The Labute approximate surface area is 73.9 Å². The van der Waals surface area contributed by atoms with Crippen molar-refractivity contribution in [2.24, 2.45) is 10.7 Å². The van der Waals surface area contributed by atoms with E-state index in [0.717, 1.165) is 12.8 Å². The quantitative estimate of drug-likeness (QED) is 0.520. The second kappa shape index (κ2) is 4.60. The van der Waals surface area contributed by atoms with Crippen LogP contribution in [-0.4, -0.2) is 16.7 Å². The van der Waals surface area contributed by atoms with Gasteiger partial charge in [0, 0.05) is 5.54 Å². The minimum Gasteiger partial charge on any atom is -0.325 e. The molecule has 0 aromatic rings. The summed E-state index contributed by atoms with van der Waals surface area (Å²) in [6.45, 7) is 6.07. The fourth-order valence-electron chi connectivity index (χ4n) is 0.963. The van der Waals surface area contributed by atoms with Crippen LogP contribution in [-0.2, 0) is 0 Å². The highest BCUT2D eigenvalue weighted by molar-refractivity contribution is 7.78. The third-order valence-electron chi connectivity index (χ3n) is 1.47. The first-order chi connectivity index (χ1) is 4.99. The number of isothiocyanates is 1. The largest absolute Gasteiger partial charge is 0.325 e. The number of thiocarbonyl (C=S) groups is 1. The molecule has 2 nitrogen and oxygen atoms in total. The van der Waals surface area contributed by atoms with Crippen LogP contribution in [0, 0.1) is 0 Å². The summed E-state index contributed by atoms with van der Waals surface area (Å²) in [5.74, 6) is 0. The zero-order valence-electron chi connectivity index (χ0n) is 7.42. The SMILES string of the molecule is CCC(CC(C)(C)N)N=C=S. The molecule has 0 aliphatic heterocycles. The van der Waals surface area contributed by atoms with Crippen molar-refractivity contribution in [1.82, 2.24) is 0 Å².